The molecule has 0 spiro atoms. The van der Waals surface area contributed by atoms with Crippen molar-refractivity contribution in [1.29, 1.82) is 0 Å². The number of pyridine rings is 1. The number of nitrogens with zero attached hydrogens (tertiary/aromatic N) is 1. The van der Waals surface area contributed by atoms with E-state index in [4.69, 9.17) is 17.0 Å². The van der Waals surface area contributed by atoms with Gasteiger partial charge in [-0.2, -0.15) is 0 Å². The van der Waals surface area contributed by atoms with E-state index in [9.17, 15) is 0 Å². The van der Waals surface area contributed by atoms with Crippen LogP contribution >= 0.6 is 24.0 Å². The molecule has 5 heteroatoms. The zero-order chi connectivity index (χ0) is 17.0. The zero-order valence-corrected chi connectivity index (χ0v) is 15.7. The van der Waals surface area contributed by atoms with E-state index in [1.54, 1.807) is 12.4 Å². The van der Waals surface area contributed by atoms with Crippen molar-refractivity contribution in [3.8, 4) is 0 Å². The van der Waals surface area contributed by atoms with Gasteiger partial charge >= 0.3 is 0 Å². The molecule has 3 nitrogen and oxygen atoms in total. The van der Waals surface area contributed by atoms with Gasteiger partial charge in [0.05, 0.1) is 0 Å². The Morgan fingerprint density at radius 1 is 1.17 bits per heavy atom. The van der Waals surface area contributed by atoms with E-state index in [0.29, 0.717) is 11.8 Å². The van der Waals surface area contributed by atoms with Gasteiger partial charge in [0.1, 0.15) is 6.61 Å². The molecule has 0 fully saturated rings. The van der Waals surface area contributed by atoms with Gasteiger partial charge in [0.2, 0.25) is 0 Å². The summed E-state index contributed by atoms with van der Waals surface area (Å²) in [6.45, 7) is 2.66. The summed E-state index contributed by atoms with van der Waals surface area (Å²) < 4.78 is 5.54. The van der Waals surface area contributed by atoms with Crippen molar-refractivity contribution >= 4 is 34.8 Å². The van der Waals surface area contributed by atoms with Gasteiger partial charge < -0.3 is 10.1 Å². The van der Waals surface area contributed by atoms with Gasteiger partial charge in [-0.05, 0) is 54.7 Å². The lowest BCUT2D eigenvalue weighted by molar-refractivity contribution is 0.299. The first-order valence-electron chi connectivity index (χ1n) is 8.33. The Labute approximate surface area is 154 Å². The van der Waals surface area contributed by atoms with Gasteiger partial charge in [0.15, 0.2) is 0 Å². The summed E-state index contributed by atoms with van der Waals surface area (Å²) in [5, 5.41) is 3.48. The van der Waals surface area contributed by atoms with Crippen molar-refractivity contribution in [2.45, 2.75) is 44.1 Å². The molecule has 0 saturated carbocycles. The molecule has 0 aliphatic carbocycles. The summed E-state index contributed by atoms with van der Waals surface area (Å²) in [5.74, 6) is 1.18. The molecule has 24 heavy (non-hydrogen) atoms. The SMILES string of the molecule is CCCCCCSc1ccc(NC(=S)OCc2cccnc2)cc1. The van der Waals surface area contributed by atoms with Crippen LogP contribution in [0.25, 0.3) is 0 Å². The van der Waals surface area contributed by atoms with Gasteiger partial charge in [0.25, 0.3) is 5.17 Å². The van der Waals surface area contributed by atoms with E-state index in [0.717, 1.165) is 11.3 Å². The maximum absolute atomic E-state index is 5.54. The normalized spacial score (nSPS) is 10.4. The Balaban J connectivity index is 1.69. The van der Waals surface area contributed by atoms with Crippen LogP contribution < -0.4 is 5.32 Å². The number of unbranched alkanes of at least 4 members (excludes halogenated alkanes) is 3. The van der Waals surface area contributed by atoms with Crippen LogP contribution in [-0.2, 0) is 11.3 Å². The summed E-state index contributed by atoms with van der Waals surface area (Å²) in [7, 11) is 0. The molecule has 0 aliphatic rings. The highest BCUT2D eigenvalue weighted by molar-refractivity contribution is 7.99. The molecule has 1 heterocycles. The maximum atomic E-state index is 5.54. The number of aromatic nitrogens is 1. The predicted molar refractivity (Wildman–Crippen MR) is 107 cm³/mol. The molecule has 1 aromatic carbocycles. The maximum Gasteiger partial charge on any atom is 0.261 e. The Kier molecular flexibility index (Phi) is 8.63. The molecule has 0 aliphatic heterocycles. The second-order valence-electron chi connectivity index (χ2n) is 5.50. The zero-order valence-electron chi connectivity index (χ0n) is 14.0. The Hall–Kier alpha value is -1.59. The minimum Gasteiger partial charge on any atom is -0.466 e. The molecule has 0 atom stereocenters. The average molecular weight is 361 g/mol. The van der Waals surface area contributed by atoms with Crippen LogP contribution in [0.4, 0.5) is 5.69 Å². The smallest absolute Gasteiger partial charge is 0.261 e. The quantitative estimate of drug-likeness (QED) is 0.354. The summed E-state index contributed by atoms with van der Waals surface area (Å²) >= 11 is 7.13. The molecule has 0 bridgehead atoms. The minimum atomic E-state index is 0.374. The minimum absolute atomic E-state index is 0.374. The number of anilines is 1. The van der Waals surface area contributed by atoms with Crippen LogP contribution in [0.5, 0.6) is 0 Å². The monoisotopic (exact) mass is 360 g/mol. The summed E-state index contributed by atoms with van der Waals surface area (Å²) in [5.41, 5.74) is 1.94. The fraction of sp³-hybridized carbons (Fsp3) is 0.368. The average Bonchev–Trinajstić information content (AvgIpc) is 2.62. The first kappa shape index (κ1) is 18.7. The Morgan fingerprint density at radius 2 is 2.00 bits per heavy atom. The lowest BCUT2D eigenvalue weighted by Gasteiger charge is -2.10. The molecular weight excluding hydrogens is 336 g/mol. The molecular formula is C19H24N2OS2. The van der Waals surface area contributed by atoms with E-state index >= 15 is 0 Å². The molecule has 1 aromatic heterocycles. The summed E-state index contributed by atoms with van der Waals surface area (Å²) in [4.78, 5) is 5.34. The lowest BCUT2D eigenvalue weighted by atomic mass is 10.2. The van der Waals surface area contributed by atoms with Crippen LogP contribution in [0.2, 0.25) is 0 Å². The molecule has 128 valence electrons. The number of thiocarbonyl (C=S) groups is 1. The predicted octanol–water partition coefficient (Wildman–Crippen LogP) is 5.67. The van der Waals surface area contributed by atoms with Gasteiger partial charge in [-0.3, -0.25) is 4.98 Å². The summed E-state index contributed by atoms with van der Waals surface area (Å²) in [6.07, 6.45) is 8.74. The highest BCUT2D eigenvalue weighted by atomic mass is 32.2. The number of benzene rings is 1. The number of ether oxygens (including phenoxy) is 1. The number of hydrogen-bond donors (Lipinski definition) is 1. The van der Waals surface area contributed by atoms with Gasteiger partial charge in [-0.25, -0.2) is 0 Å². The lowest BCUT2D eigenvalue weighted by Crippen LogP contribution is -2.13. The van der Waals surface area contributed by atoms with Crippen LogP contribution in [0, 0.1) is 0 Å². The topological polar surface area (TPSA) is 34.1 Å². The Morgan fingerprint density at radius 3 is 2.71 bits per heavy atom. The third-order valence-electron chi connectivity index (χ3n) is 3.46. The highest BCUT2D eigenvalue weighted by Gasteiger charge is 2.01. The third-order valence-corrected chi connectivity index (χ3v) is 4.78. The van der Waals surface area contributed by atoms with Crippen molar-refractivity contribution in [2.24, 2.45) is 0 Å². The number of thioether (sulfide) groups is 1. The molecule has 0 radical (unpaired) electrons. The molecule has 0 saturated heterocycles. The van der Waals surface area contributed by atoms with E-state index in [-0.39, 0.29) is 0 Å². The van der Waals surface area contributed by atoms with Crippen molar-refractivity contribution < 1.29 is 4.74 Å². The largest absolute Gasteiger partial charge is 0.466 e. The van der Waals surface area contributed by atoms with Crippen LogP contribution in [-0.4, -0.2) is 15.9 Å². The van der Waals surface area contributed by atoms with E-state index in [2.05, 4.69) is 29.4 Å². The van der Waals surface area contributed by atoms with Gasteiger partial charge in [-0.1, -0.05) is 32.3 Å². The van der Waals surface area contributed by atoms with Crippen LogP contribution in [0.1, 0.15) is 38.2 Å². The van der Waals surface area contributed by atoms with E-state index < -0.39 is 0 Å². The molecule has 0 unspecified atom stereocenters. The second-order valence-corrected chi connectivity index (χ2v) is 7.04. The fourth-order valence-corrected chi connectivity index (χ4v) is 3.23. The van der Waals surface area contributed by atoms with Gasteiger partial charge in [-0.15, -0.1) is 11.8 Å². The number of hydrogen-bond acceptors (Lipinski definition) is 4. The third kappa shape index (κ3) is 7.32. The van der Waals surface area contributed by atoms with E-state index in [1.165, 1.54) is 36.3 Å². The molecule has 0 amide bonds. The van der Waals surface area contributed by atoms with Crippen molar-refractivity contribution in [3.05, 3.63) is 54.4 Å². The van der Waals surface area contributed by atoms with Crippen LogP contribution in [0.15, 0.2) is 53.7 Å². The highest BCUT2D eigenvalue weighted by Crippen LogP contribution is 2.22. The fourth-order valence-electron chi connectivity index (χ4n) is 2.14. The number of rotatable bonds is 9. The van der Waals surface area contributed by atoms with Crippen LogP contribution in [0.3, 0.4) is 0 Å². The second kappa shape index (κ2) is 11.0. The summed E-state index contributed by atoms with van der Waals surface area (Å²) in [6, 6.07) is 12.2. The molecule has 2 rings (SSSR count). The Bertz CT molecular complexity index is 603. The molecule has 1 N–H and O–H groups in total. The van der Waals surface area contributed by atoms with Crippen molar-refractivity contribution in [1.82, 2.24) is 4.98 Å². The van der Waals surface area contributed by atoms with Crippen molar-refractivity contribution in [2.75, 3.05) is 11.1 Å². The standard InChI is InChI=1S/C19H24N2OS2/c1-2-3-4-5-13-24-18-10-8-17(9-11-18)21-19(23)22-15-16-7-6-12-20-14-16/h6-12,14H,2-5,13,15H2,1H3,(H,21,23). The van der Waals surface area contributed by atoms with E-state index in [1.807, 2.05) is 36.0 Å². The van der Waals surface area contributed by atoms with Gasteiger partial charge in [0, 0.05) is 28.5 Å². The first-order valence-corrected chi connectivity index (χ1v) is 9.73. The number of nitrogens with one attached hydrogen (secondary N) is 1. The molecule has 2 aromatic rings. The first-order chi connectivity index (χ1) is 11.8. The van der Waals surface area contributed by atoms with Crippen molar-refractivity contribution in [3.63, 3.8) is 0 Å².